The molecule has 0 saturated carbocycles. The Bertz CT molecular complexity index is 404. The van der Waals surface area contributed by atoms with Gasteiger partial charge in [0.05, 0.1) is 0 Å². The zero-order valence-electron chi connectivity index (χ0n) is 13.3. The number of hydrogen-bond acceptors (Lipinski definition) is 5. The van der Waals surface area contributed by atoms with Gasteiger partial charge in [0, 0.05) is 43.3 Å². The molecule has 0 radical (unpaired) electrons. The number of anilines is 1. The smallest absolute Gasteiger partial charge is 0.185 e. The highest BCUT2D eigenvalue weighted by atomic mass is 32.1. The molecule has 1 aromatic heterocycles. The van der Waals surface area contributed by atoms with Crippen molar-refractivity contribution < 1.29 is 0 Å². The third-order valence-electron chi connectivity index (χ3n) is 3.61. The Kier molecular flexibility index (Phi) is 5.41. The fourth-order valence-electron chi connectivity index (χ4n) is 2.30. The van der Waals surface area contributed by atoms with Gasteiger partial charge in [0.1, 0.15) is 0 Å². The molecule has 1 aromatic rings. The Labute approximate surface area is 127 Å². The van der Waals surface area contributed by atoms with Crippen molar-refractivity contribution in [2.75, 3.05) is 38.1 Å². The van der Waals surface area contributed by atoms with Gasteiger partial charge in [-0.25, -0.2) is 4.98 Å². The van der Waals surface area contributed by atoms with Gasteiger partial charge in [-0.2, -0.15) is 0 Å². The summed E-state index contributed by atoms with van der Waals surface area (Å²) in [5, 5.41) is 4.65. The average molecular weight is 296 g/mol. The highest BCUT2D eigenvalue weighted by Crippen LogP contribution is 2.22. The second-order valence-electron chi connectivity index (χ2n) is 6.68. The first-order chi connectivity index (χ1) is 9.44. The maximum absolute atomic E-state index is 4.55. The summed E-state index contributed by atoms with van der Waals surface area (Å²) in [6.07, 6.45) is 4.73. The summed E-state index contributed by atoms with van der Waals surface area (Å²) in [5.41, 5.74) is 0.159. The molecule has 20 heavy (non-hydrogen) atoms. The molecule has 1 aliphatic heterocycles. The van der Waals surface area contributed by atoms with E-state index in [0.29, 0.717) is 0 Å². The summed E-state index contributed by atoms with van der Waals surface area (Å²) in [5.74, 6) is 0. The van der Waals surface area contributed by atoms with E-state index in [1.54, 1.807) is 11.3 Å². The Morgan fingerprint density at radius 1 is 1.35 bits per heavy atom. The Morgan fingerprint density at radius 2 is 2.05 bits per heavy atom. The molecule has 0 bridgehead atoms. The van der Waals surface area contributed by atoms with Gasteiger partial charge in [-0.15, -0.1) is 11.3 Å². The number of likely N-dealkylation sites (tertiary alicyclic amines) is 1. The monoisotopic (exact) mass is 296 g/mol. The van der Waals surface area contributed by atoms with E-state index in [-0.39, 0.29) is 5.54 Å². The molecule has 0 amide bonds. The van der Waals surface area contributed by atoms with Crippen molar-refractivity contribution in [1.29, 1.82) is 0 Å². The minimum absolute atomic E-state index is 0.159. The van der Waals surface area contributed by atoms with E-state index in [9.17, 15) is 0 Å². The molecule has 0 atom stereocenters. The van der Waals surface area contributed by atoms with Crippen LogP contribution in [0.15, 0.2) is 6.20 Å². The highest BCUT2D eigenvalue weighted by molar-refractivity contribution is 7.15. The van der Waals surface area contributed by atoms with Crippen LogP contribution in [0.5, 0.6) is 0 Å². The molecule has 0 unspecified atom stereocenters. The minimum atomic E-state index is 0.159. The van der Waals surface area contributed by atoms with Crippen molar-refractivity contribution >= 4 is 16.5 Å². The van der Waals surface area contributed by atoms with Crippen LogP contribution in [0.1, 0.15) is 38.5 Å². The summed E-state index contributed by atoms with van der Waals surface area (Å²) in [4.78, 5) is 10.7. The largest absolute Gasteiger partial charge is 0.350 e. The van der Waals surface area contributed by atoms with E-state index in [1.807, 2.05) is 6.20 Å². The SMILES string of the molecule is CN(CCN1CCCC1)c1ncc(CNC(C)(C)C)s1. The fraction of sp³-hybridized carbons (Fsp3) is 0.800. The molecule has 1 fully saturated rings. The Balaban J connectivity index is 1.78. The normalized spacial score (nSPS) is 16.8. The first-order valence-corrected chi connectivity index (χ1v) is 8.39. The fourth-order valence-corrected chi connectivity index (χ4v) is 3.14. The van der Waals surface area contributed by atoms with Crippen molar-refractivity contribution in [3.8, 4) is 0 Å². The van der Waals surface area contributed by atoms with Crippen molar-refractivity contribution in [1.82, 2.24) is 15.2 Å². The number of thiazole rings is 1. The van der Waals surface area contributed by atoms with Gasteiger partial charge in [-0.05, 0) is 46.7 Å². The van der Waals surface area contributed by atoms with Gasteiger partial charge in [0.15, 0.2) is 5.13 Å². The van der Waals surface area contributed by atoms with E-state index in [0.717, 1.165) is 24.8 Å². The molecule has 1 aliphatic rings. The second kappa shape index (κ2) is 6.87. The standard InChI is InChI=1S/C15H28N4S/c1-15(2,3)17-12-13-11-16-14(20-13)18(4)9-10-19-7-5-6-8-19/h11,17H,5-10,12H2,1-4H3. The lowest BCUT2D eigenvalue weighted by molar-refractivity contribution is 0.346. The summed E-state index contributed by atoms with van der Waals surface area (Å²) >= 11 is 1.80. The van der Waals surface area contributed by atoms with E-state index < -0.39 is 0 Å². The van der Waals surface area contributed by atoms with Crippen LogP contribution < -0.4 is 10.2 Å². The summed E-state index contributed by atoms with van der Waals surface area (Å²) in [6.45, 7) is 12.2. The van der Waals surface area contributed by atoms with Crippen LogP contribution in [0.4, 0.5) is 5.13 Å². The predicted octanol–water partition coefficient (Wildman–Crippen LogP) is 2.56. The molecular formula is C15H28N4S. The molecule has 114 valence electrons. The zero-order chi connectivity index (χ0) is 14.6. The van der Waals surface area contributed by atoms with Crippen molar-refractivity contribution in [2.45, 2.75) is 45.7 Å². The first-order valence-electron chi connectivity index (χ1n) is 7.57. The van der Waals surface area contributed by atoms with Crippen LogP contribution in [0, 0.1) is 0 Å². The maximum atomic E-state index is 4.55. The average Bonchev–Trinajstić information content (AvgIpc) is 3.04. The van der Waals surface area contributed by atoms with Crippen LogP contribution in [0.25, 0.3) is 0 Å². The van der Waals surface area contributed by atoms with Gasteiger partial charge in [0.2, 0.25) is 0 Å². The van der Waals surface area contributed by atoms with Crippen LogP contribution in [-0.4, -0.2) is 48.6 Å². The van der Waals surface area contributed by atoms with Crippen molar-refractivity contribution in [3.05, 3.63) is 11.1 Å². The second-order valence-corrected chi connectivity index (χ2v) is 7.78. The molecule has 2 heterocycles. The molecule has 1 saturated heterocycles. The van der Waals surface area contributed by atoms with Gasteiger partial charge >= 0.3 is 0 Å². The van der Waals surface area contributed by atoms with Gasteiger partial charge in [-0.3, -0.25) is 0 Å². The van der Waals surface area contributed by atoms with Gasteiger partial charge < -0.3 is 15.1 Å². The molecule has 0 spiro atoms. The lowest BCUT2D eigenvalue weighted by atomic mass is 10.1. The lowest BCUT2D eigenvalue weighted by Crippen LogP contribution is -2.34. The zero-order valence-corrected chi connectivity index (χ0v) is 14.1. The molecule has 2 rings (SSSR count). The number of hydrogen-bond donors (Lipinski definition) is 1. The van der Waals surface area contributed by atoms with Crippen LogP contribution in [0.3, 0.4) is 0 Å². The van der Waals surface area contributed by atoms with Crippen molar-refractivity contribution in [2.24, 2.45) is 0 Å². The third kappa shape index (κ3) is 5.04. The Morgan fingerprint density at radius 3 is 2.70 bits per heavy atom. The van der Waals surface area contributed by atoms with Crippen LogP contribution in [-0.2, 0) is 6.54 Å². The van der Waals surface area contributed by atoms with Crippen molar-refractivity contribution in [3.63, 3.8) is 0 Å². The van der Waals surface area contributed by atoms with E-state index in [2.05, 4.69) is 47.9 Å². The molecule has 1 N–H and O–H groups in total. The topological polar surface area (TPSA) is 31.4 Å². The van der Waals surface area contributed by atoms with E-state index >= 15 is 0 Å². The van der Waals surface area contributed by atoms with Gasteiger partial charge in [-0.1, -0.05) is 0 Å². The molecule has 4 nitrogen and oxygen atoms in total. The quantitative estimate of drug-likeness (QED) is 0.874. The molecule has 0 aromatic carbocycles. The third-order valence-corrected chi connectivity index (χ3v) is 4.72. The van der Waals surface area contributed by atoms with Crippen LogP contribution >= 0.6 is 11.3 Å². The predicted molar refractivity (Wildman–Crippen MR) is 87.7 cm³/mol. The molecule has 0 aliphatic carbocycles. The minimum Gasteiger partial charge on any atom is -0.350 e. The van der Waals surface area contributed by atoms with Crippen LogP contribution in [0.2, 0.25) is 0 Å². The molecular weight excluding hydrogens is 268 g/mol. The lowest BCUT2D eigenvalue weighted by Gasteiger charge is -2.21. The number of rotatable bonds is 6. The maximum Gasteiger partial charge on any atom is 0.185 e. The summed E-state index contributed by atoms with van der Waals surface area (Å²) in [7, 11) is 2.15. The summed E-state index contributed by atoms with van der Waals surface area (Å²) < 4.78 is 0. The Hall–Kier alpha value is -0.650. The van der Waals surface area contributed by atoms with E-state index in [4.69, 9.17) is 0 Å². The summed E-state index contributed by atoms with van der Waals surface area (Å²) in [6, 6.07) is 0. The number of likely N-dealkylation sites (N-methyl/N-ethyl adjacent to an activating group) is 1. The highest BCUT2D eigenvalue weighted by Gasteiger charge is 2.14. The molecule has 5 heteroatoms. The number of aromatic nitrogens is 1. The van der Waals surface area contributed by atoms with E-state index in [1.165, 1.54) is 30.8 Å². The number of nitrogens with zero attached hydrogens (tertiary/aromatic N) is 3. The first kappa shape index (κ1) is 15.7. The number of nitrogens with one attached hydrogen (secondary N) is 1. The van der Waals surface area contributed by atoms with Gasteiger partial charge in [0.25, 0.3) is 0 Å².